The van der Waals surface area contributed by atoms with Crippen LogP contribution in [0.3, 0.4) is 0 Å². The predicted molar refractivity (Wildman–Crippen MR) is 118 cm³/mol. The highest BCUT2D eigenvalue weighted by molar-refractivity contribution is 5.65. The lowest BCUT2D eigenvalue weighted by molar-refractivity contribution is 0.0245. The number of methoxy groups -OCH3 is 1. The molecular formula is C26H31F3O2. The molecule has 31 heavy (non-hydrogen) atoms. The number of benzene rings is 2. The fraction of sp³-hybridized carbons (Fsp3) is 0.462. The van der Waals surface area contributed by atoms with Crippen LogP contribution in [0.4, 0.5) is 13.2 Å². The van der Waals surface area contributed by atoms with Gasteiger partial charge in [0.15, 0.2) is 11.6 Å². The van der Waals surface area contributed by atoms with Crippen LogP contribution in [0.1, 0.15) is 56.1 Å². The Morgan fingerprint density at radius 3 is 2.35 bits per heavy atom. The highest BCUT2D eigenvalue weighted by atomic mass is 19.2. The third-order valence-electron chi connectivity index (χ3n) is 6.07. The molecule has 3 rings (SSSR count). The Hall–Kier alpha value is -2.11. The van der Waals surface area contributed by atoms with Gasteiger partial charge in [-0.25, -0.2) is 13.2 Å². The summed E-state index contributed by atoms with van der Waals surface area (Å²) in [4.78, 5) is 0. The number of ether oxygens (including phenoxy) is 2. The molecule has 0 spiro atoms. The third-order valence-corrected chi connectivity index (χ3v) is 6.07. The Morgan fingerprint density at radius 2 is 1.71 bits per heavy atom. The highest BCUT2D eigenvalue weighted by Gasteiger charge is 2.27. The molecule has 2 nitrogen and oxygen atoms in total. The van der Waals surface area contributed by atoms with Crippen molar-refractivity contribution in [2.24, 2.45) is 0 Å². The summed E-state index contributed by atoms with van der Waals surface area (Å²) in [6.45, 7) is 2.62. The van der Waals surface area contributed by atoms with E-state index >= 15 is 0 Å². The molecule has 0 unspecified atom stereocenters. The number of hydrogen-bond donors (Lipinski definition) is 0. The molecule has 2 aromatic rings. The van der Waals surface area contributed by atoms with Gasteiger partial charge in [0.05, 0.1) is 19.3 Å². The largest absolute Gasteiger partial charge is 0.381 e. The maximum absolute atomic E-state index is 14.9. The van der Waals surface area contributed by atoms with Crippen molar-refractivity contribution in [2.45, 2.75) is 57.5 Å². The maximum Gasteiger partial charge on any atom is 0.166 e. The Labute approximate surface area is 183 Å². The van der Waals surface area contributed by atoms with Crippen molar-refractivity contribution in [3.8, 4) is 11.1 Å². The van der Waals surface area contributed by atoms with Crippen molar-refractivity contribution in [1.29, 1.82) is 0 Å². The van der Waals surface area contributed by atoms with Crippen molar-refractivity contribution in [1.82, 2.24) is 0 Å². The average molecular weight is 433 g/mol. The van der Waals surface area contributed by atoms with E-state index in [-0.39, 0.29) is 30.9 Å². The van der Waals surface area contributed by atoms with Crippen molar-refractivity contribution in [3.63, 3.8) is 0 Å². The van der Waals surface area contributed by atoms with Gasteiger partial charge in [0.1, 0.15) is 5.83 Å². The SMILES string of the molecule is CCc1ccc(-c2ccc(C3CCC(OCC/C(F)=C\COC)CC3)c(F)c2F)cc1. The second-order valence-corrected chi connectivity index (χ2v) is 8.08. The molecule has 0 bridgehead atoms. The molecule has 0 amide bonds. The van der Waals surface area contributed by atoms with Gasteiger partial charge in [0.2, 0.25) is 0 Å². The molecule has 0 atom stereocenters. The van der Waals surface area contributed by atoms with E-state index in [1.54, 1.807) is 12.1 Å². The molecule has 0 radical (unpaired) electrons. The second-order valence-electron chi connectivity index (χ2n) is 8.08. The zero-order chi connectivity index (χ0) is 22.2. The first kappa shape index (κ1) is 23.6. The van der Waals surface area contributed by atoms with Crippen LogP contribution in [-0.4, -0.2) is 26.4 Å². The van der Waals surface area contributed by atoms with E-state index < -0.39 is 11.6 Å². The fourth-order valence-corrected chi connectivity index (χ4v) is 4.16. The molecule has 168 valence electrons. The lowest BCUT2D eigenvalue weighted by Gasteiger charge is -2.29. The summed E-state index contributed by atoms with van der Waals surface area (Å²) in [5.41, 5.74) is 2.58. The Balaban J connectivity index is 1.57. The van der Waals surface area contributed by atoms with E-state index in [9.17, 15) is 13.2 Å². The summed E-state index contributed by atoms with van der Waals surface area (Å²) in [6, 6.07) is 11.0. The van der Waals surface area contributed by atoms with Gasteiger partial charge in [0, 0.05) is 19.1 Å². The highest BCUT2D eigenvalue weighted by Crippen LogP contribution is 2.38. The third kappa shape index (κ3) is 6.20. The van der Waals surface area contributed by atoms with Crippen LogP contribution < -0.4 is 0 Å². The molecule has 5 heteroatoms. The average Bonchev–Trinajstić information content (AvgIpc) is 2.80. The van der Waals surface area contributed by atoms with Gasteiger partial charge < -0.3 is 9.47 Å². The molecule has 1 fully saturated rings. The van der Waals surface area contributed by atoms with Gasteiger partial charge in [-0.1, -0.05) is 43.3 Å². The van der Waals surface area contributed by atoms with Gasteiger partial charge in [0.25, 0.3) is 0 Å². The summed E-state index contributed by atoms with van der Waals surface area (Å²) in [7, 11) is 1.52. The van der Waals surface area contributed by atoms with Crippen LogP contribution in [0, 0.1) is 11.6 Å². The van der Waals surface area contributed by atoms with Gasteiger partial charge in [-0.15, -0.1) is 0 Å². The standard InChI is InChI=1S/C26H31F3O2/c1-3-18-4-6-19(7-5-18)23-12-13-24(26(29)25(23)28)20-8-10-22(11-9-20)31-17-15-21(27)14-16-30-2/h4-7,12-14,20,22H,3,8-11,15-17H2,1-2H3/b21-14+. The Kier molecular flexibility index (Phi) is 8.73. The van der Waals surface area contributed by atoms with E-state index in [0.717, 1.165) is 37.7 Å². The predicted octanol–water partition coefficient (Wildman–Crippen LogP) is 7.13. The molecule has 0 aromatic heterocycles. The fourth-order valence-electron chi connectivity index (χ4n) is 4.16. The minimum Gasteiger partial charge on any atom is -0.381 e. The molecule has 1 saturated carbocycles. The summed E-state index contributed by atoms with van der Waals surface area (Å²) < 4.78 is 53.9. The number of hydrogen-bond acceptors (Lipinski definition) is 2. The minimum atomic E-state index is -0.779. The molecule has 1 aliphatic carbocycles. The molecule has 0 saturated heterocycles. The molecular weight excluding hydrogens is 401 g/mol. The smallest absolute Gasteiger partial charge is 0.166 e. The lowest BCUT2D eigenvalue weighted by Crippen LogP contribution is -2.22. The van der Waals surface area contributed by atoms with Crippen molar-refractivity contribution >= 4 is 0 Å². The molecule has 2 aromatic carbocycles. The molecule has 1 aliphatic rings. The Morgan fingerprint density at radius 1 is 1.00 bits per heavy atom. The molecule has 0 N–H and O–H groups in total. The van der Waals surface area contributed by atoms with E-state index in [2.05, 4.69) is 6.92 Å². The van der Waals surface area contributed by atoms with Crippen LogP contribution in [0.5, 0.6) is 0 Å². The summed E-state index contributed by atoms with van der Waals surface area (Å²) >= 11 is 0. The number of rotatable bonds is 9. The van der Waals surface area contributed by atoms with Crippen molar-refractivity contribution in [2.75, 3.05) is 20.3 Å². The normalized spacial score (nSPS) is 19.6. The summed E-state index contributed by atoms with van der Waals surface area (Å²) in [6.07, 6.45) is 5.55. The first-order valence-electron chi connectivity index (χ1n) is 11.1. The first-order chi connectivity index (χ1) is 15.0. The van der Waals surface area contributed by atoms with Gasteiger partial charge in [-0.05, 0) is 60.8 Å². The van der Waals surface area contributed by atoms with E-state index in [1.165, 1.54) is 13.2 Å². The maximum atomic E-state index is 14.9. The summed E-state index contributed by atoms with van der Waals surface area (Å²) in [5.74, 6) is -1.79. The van der Waals surface area contributed by atoms with Crippen LogP contribution in [-0.2, 0) is 15.9 Å². The second kappa shape index (κ2) is 11.5. The van der Waals surface area contributed by atoms with E-state index in [4.69, 9.17) is 9.47 Å². The van der Waals surface area contributed by atoms with Crippen molar-refractivity contribution in [3.05, 3.63) is 71.1 Å². The monoisotopic (exact) mass is 432 g/mol. The zero-order valence-electron chi connectivity index (χ0n) is 18.3. The van der Waals surface area contributed by atoms with Gasteiger partial charge in [-0.3, -0.25) is 0 Å². The number of halogens is 3. The topological polar surface area (TPSA) is 18.5 Å². The summed E-state index contributed by atoms with van der Waals surface area (Å²) in [5, 5.41) is 0. The molecule has 0 aliphatic heterocycles. The van der Waals surface area contributed by atoms with Gasteiger partial charge in [-0.2, -0.15) is 0 Å². The van der Waals surface area contributed by atoms with Crippen LogP contribution in [0.2, 0.25) is 0 Å². The quantitative estimate of drug-likeness (QED) is 0.420. The van der Waals surface area contributed by atoms with Gasteiger partial charge >= 0.3 is 0 Å². The van der Waals surface area contributed by atoms with E-state index in [1.807, 2.05) is 24.3 Å². The van der Waals surface area contributed by atoms with Crippen LogP contribution in [0.25, 0.3) is 11.1 Å². The minimum absolute atomic E-state index is 0.0239. The molecule has 0 heterocycles. The van der Waals surface area contributed by atoms with Crippen molar-refractivity contribution < 1.29 is 22.6 Å². The van der Waals surface area contributed by atoms with Crippen LogP contribution >= 0.6 is 0 Å². The first-order valence-corrected chi connectivity index (χ1v) is 11.1. The van der Waals surface area contributed by atoms with Crippen LogP contribution in [0.15, 0.2) is 48.3 Å². The lowest BCUT2D eigenvalue weighted by atomic mass is 9.82. The van der Waals surface area contributed by atoms with E-state index in [0.29, 0.717) is 23.3 Å². The Bertz CT molecular complexity index is 869. The zero-order valence-corrected chi connectivity index (χ0v) is 18.3. The number of aryl methyl sites for hydroxylation is 1.